The van der Waals surface area contributed by atoms with Crippen LogP contribution < -0.4 is 5.32 Å². The molecular formula is C8H14ClNO2. The largest absolute Gasteiger partial charge is 0.459 e. The molecule has 0 atom stereocenters. The van der Waals surface area contributed by atoms with Crippen molar-refractivity contribution in [2.24, 2.45) is 0 Å². The molecule has 70 valence electrons. The van der Waals surface area contributed by atoms with Crippen LogP contribution in [0.3, 0.4) is 0 Å². The smallest absolute Gasteiger partial charge is 0.330 e. The Morgan fingerprint density at radius 3 is 2.25 bits per heavy atom. The summed E-state index contributed by atoms with van der Waals surface area (Å²) in [5, 5.41) is 2.94. The van der Waals surface area contributed by atoms with Gasteiger partial charge >= 0.3 is 5.97 Å². The molecule has 1 aliphatic heterocycles. The minimum absolute atomic E-state index is 0.324. The number of hydrogen-bond donors (Lipinski definition) is 1. The van der Waals surface area contributed by atoms with Crippen LogP contribution in [0.1, 0.15) is 20.8 Å². The fraction of sp³-hybridized carbons (Fsp3) is 0.875. The van der Waals surface area contributed by atoms with E-state index in [4.69, 9.17) is 16.3 Å². The first-order valence-corrected chi connectivity index (χ1v) is 4.34. The zero-order valence-electron chi connectivity index (χ0n) is 7.61. The van der Waals surface area contributed by atoms with Crippen LogP contribution in [0.4, 0.5) is 0 Å². The fourth-order valence-corrected chi connectivity index (χ4v) is 1.09. The van der Waals surface area contributed by atoms with Gasteiger partial charge in [-0.3, -0.25) is 4.79 Å². The van der Waals surface area contributed by atoms with Crippen molar-refractivity contribution >= 4 is 17.6 Å². The summed E-state index contributed by atoms with van der Waals surface area (Å²) >= 11 is 5.93. The van der Waals surface area contributed by atoms with Crippen molar-refractivity contribution in [1.82, 2.24) is 5.32 Å². The highest BCUT2D eigenvalue weighted by molar-refractivity contribution is 6.35. The zero-order valence-corrected chi connectivity index (χ0v) is 8.36. The Hall–Kier alpha value is -0.280. The van der Waals surface area contributed by atoms with Gasteiger partial charge in [0.15, 0.2) is 4.87 Å². The molecule has 0 aromatic rings. The predicted octanol–water partition coefficient (Wildman–Crippen LogP) is 0.909. The van der Waals surface area contributed by atoms with E-state index in [0.29, 0.717) is 13.1 Å². The molecule has 12 heavy (non-hydrogen) atoms. The van der Waals surface area contributed by atoms with Gasteiger partial charge in [0, 0.05) is 13.1 Å². The van der Waals surface area contributed by atoms with E-state index in [1.54, 1.807) is 0 Å². The Morgan fingerprint density at radius 2 is 2.00 bits per heavy atom. The molecule has 0 saturated carbocycles. The van der Waals surface area contributed by atoms with Gasteiger partial charge in [-0.2, -0.15) is 0 Å². The van der Waals surface area contributed by atoms with Crippen molar-refractivity contribution in [3.05, 3.63) is 0 Å². The SMILES string of the molecule is CC(C)(C)OC(=O)C1(Cl)CNC1. The van der Waals surface area contributed by atoms with Crippen LogP contribution in [0.2, 0.25) is 0 Å². The minimum atomic E-state index is -0.812. The summed E-state index contributed by atoms with van der Waals surface area (Å²) < 4.78 is 5.13. The molecular weight excluding hydrogens is 178 g/mol. The van der Waals surface area contributed by atoms with Crippen molar-refractivity contribution in [3.63, 3.8) is 0 Å². The van der Waals surface area contributed by atoms with Crippen LogP contribution in [0.15, 0.2) is 0 Å². The maximum absolute atomic E-state index is 11.4. The summed E-state index contributed by atoms with van der Waals surface area (Å²) in [5.74, 6) is -0.324. The van der Waals surface area contributed by atoms with Gasteiger partial charge in [0.25, 0.3) is 0 Å². The maximum atomic E-state index is 11.4. The van der Waals surface area contributed by atoms with Crippen molar-refractivity contribution in [2.75, 3.05) is 13.1 Å². The number of ether oxygens (including phenoxy) is 1. The lowest BCUT2D eigenvalue weighted by Crippen LogP contribution is -2.61. The molecule has 1 N–H and O–H groups in total. The number of nitrogens with one attached hydrogen (secondary N) is 1. The first-order chi connectivity index (χ1) is 5.33. The van der Waals surface area contributed by atoms with Gasteiger partial charge < -0.3 is 10.1 Å². The first-order valence-electron chi connectivity index (χ1n) is 3.97. The first kappa shape index (κ1) is 9.81. The fourth-order valence-electron chi connectivity index (χ4n) is 0.858. The molecule has 0 spiro atoms. The standard InChI is InChI=1S/C8H14ClNO2/c1-7(2,3)12-6(11)8(9)4-10-5-8/h10H,4-5H2,1-3H3. The number of alkyl halides is 1. The Morgan fingerprint density at radius 1 is 1.50 bits per heavy atom. The van der Waals surface area contributed by atoms with Crippen LogP contribution in [0, 0.1) is 0 Å². The molecule has 3 nitrogen and oxygen atoms in total. The molecule has 0 bridgehead atoms. The molecule has 1 saturated heterocycles. The average molecular weight is 192 g/mol. The lowest BCUT2D eigenvalue weighted by Gasteiger charge is -2.36. The summed E-state index contributed by atoms with van der Waals surface area (Å²) in [7, 11) is 0. The Labute approximate surface area is 77.4 Å². The third-order valence-electron chi connectivity index (χ3n) is 1.58. The Kier molecular flexibility index (Phi) is 2.36. The van der Waals surface area contributed by atoms with E-state index >= 15 is 0 Å². The third kappa shape index (κ3) is 2.11. The maximum Gasteiger partial charge on any atom is 0.330 e. The minimum Gasteiger partial charge on any atom is -0.459 e. The molecule has 0 radical (unpaired) electrons. The van der Waals surface area contributed by atoms with Crippen LogP contribution in [0.25, 0.3) is 0 Å². The third-order valence-corrected chi connectivity index (χ3v) is 2.00. The Bertz CT molecular complexity index is 194. The van der Waals surface area contributed by atoms with Crippen molar-refractivity contribution in [3.8, 4) is 0 Å². The molecule has 0 amide bonds. The monoisotopic (exact) mass is 191 g/mol. The number of carbonyl (C=O) groups is 1. The molecule has 0 aromatic carbocycles. The van der Waals surface area contributed by atoms with Crippen molar-refractivity contribution in [2.45, 2.75) is 31.2 Å². The van der Waals surface area contributed by atoms with Gasteiger partial charge in [0.05, 0.1) is 0 Å². The van der Waals surface area contributed by atoms with Gasteiger partial charge in [0.2, 0.25) is 0 Å². The van der Waals surface area contributed by atoms with E-state index in [1.165, 1.54) is 0 Å². The second-order valence-corrected chi connectivity index (χ2v) is 4.79. The molecule has 1 rings (SSSR count). The zero-order chi connectivity index (χ0) is 9.41. The molecule has 4 heteroatoms. The van der Waals surface area contributed by atoms with Crippen molar-refractivity contribution < 1.29 is 9.53 Å². The molecule has 0 unspecified atom stereocenters. The molecule has 1 fully saturated rings. The highest BCUT2D eigenvalue weighted by atomic mass is 35.5. The number of rotatable bonds is 1. The predicted molar refractivity (Wildman–Crippen MR) is 47.3 cm³/mol. The summed E-state index contributed by atoms with van der Waals surface area (Å²) in [5.41, 5.74) is -0.450. The number of esters is 1. The summed E-state index contributed by atoms with van der Waals surface area (Å²) in [6.07, 6.45) is 0. The molecule has 0 aromatic heterocycles. The van der Waals surface area contributed by atoms with Gasteiger partial charge in [-0.05, 0) is 20.8 Å². The van der Waals surface area contributed by atoms with Gasteiger partial charge in [-0.25, -0.2) is 0 Å². The van der Waals surface area contributed by atoms with E-state index in [2.05, 4.69) is 5.32 Å². The number of hydrogen-bond acceptors (Lipinski definition) is 3. The molecule has 1 aliphatic rings. The second-order valence-electron chi connectivity index (χ2n) is 4.07. The number of carbonyl (C=O) groups excluding carboxylic acids is 1. The van der Waals surface area contributed by atoms with E-state index in [9.17, 15) is 4.79 Å². The lowest BCUT2D eigenvalue weighted by molar-refractivity contribution is -0.159. The Balaban J connectivity index is 2.49. The normalized spacial score (nSPS) is 21.3. The number of halogens is 1. The highest BCUT2D eigenvalue weighted by Crippen LogP contribution is 2.24. The topological polar surface area (TPSA) is 38.3 Å². The lowest BCUT2D eigenvalue weighted by atomic mass is 10.0. The summed E-state index contributed by atoms with van der Waals surface area (Å²) in [6.45, 7) is 6.50. The van der Waals surface area contributed by atoms with E-state index in [1.807, 2.05) is 20.8 Å². The van der Waals surface area contributed by atoms with Gasteiger partial charge in [-0.1, -0.05) is 0 Å². The van der Waals surface area contributed by atoms with Crippen LogP contribution in [-0.4, -0.2) is 29.5 Å². The molecule has 0 aliphatic carbocycles. The average Bonchev–Trinajstić information content (AvgIpc) is 1.78. The van der Waals surface area contributed by atoms with E-state index in [0.717, 1.165) is 0 Å². The van der Waals surface area contributed by atoms with Crippen LogP contribution >= 0.6 is 11.6 Å². The highest BCUT2D eigenvalue weighted by Gasteiger charge is 2.45. The van der Waals surface area contributed by atoms with Gasteiger partial charge in [0.1, 0.15) is 5.60 Å². The van der Waals surface area contributed by atoms with Gasteiger partial charge in [-0.15, -0.1) is 11.6 Å². The summed E-state index contributed by atoms with van der Waals surface area (Å²) in [6, 6.07) is 0. The quantitative estimate of drug-likeness (QED) is 0.495. The van der Waals surface area contributed by atoms with Crippen molar-refractivity contribution in [1.29, 1.82) is 0 Å². The molecule has 1 heterocycles. The van der Waals surface area contributed by atoms with E-state index < -0.39 is 10.5 Å². The van der Waals surface area contributed by atoms with Crippen LogP contribution in [-0.2, 0) is 9.53 Å². The van der Waals surface area contributed by atoms with Crippen LogP contribution in [0.5, 0.6) is 0 Å². The second kappa shape index (κ2) is 2.89. The van der Waals surface area contributed by atoms with E-state index in [-0.39, 0.29) is 5.97 Å². The summed E-state index contributed by atoms with van der Waals surface area (Å²) in [4.78, 5) is 10.6.